The lowest BCUT2D eigenvalue weighted by Gasteiger charge is -2.34. The molecule has 0 N–H and O–H groups in total. The Labute approximate surface area is 134 Å². The second-order valence-electron chi connectivity index (χ2n) is 6.75. The van der Waals surface area contributed by atoms with Crippen LogP contribution in [0.1, 0.15) is 64.7 Å². The summed E-state index contributed by atoms with van der Waals surface area (Å²) >= 11 is 0. The Morgan fingerprint density at radius 3 is 1.73 bits per heavy atom. The average molecular weight is 340 g/mol. The third-order valence-corrected chi connectivity index (χ3v) is 7.94. The van der Waals surface area contributed by atoms with Gasteiger partial charge in [-0.25, -0.2) is 0 Å². The molecule has 0 aromatic carbocycles. The van der Waals surface area contributed by atoms with Gasteiger partial charge in [0, 0.05) is 7.05 Å². The maximum absolute atomic E-state index is 12.5. The van der Waals surface area contributed by atoms with Gasteiger partial charge in [0.25, 0.3) is 0 Å². The zero-order chi connectivity index (χ0) is 17.2. The van der Waals surface area contributed by atoms with E-state index in [9.17, 15) is 18.0 Å². The van der Waals surface area contributed by atoms with Crippen molar-refractivity contribution in [2.45, 2.75) is 90.0 Å². The fourth-order valence-electron chi connectivity index (χ4n) is 2.50. The predicted molar refractivity (Wildman–Crippen MR) is 88.3 cm³/mol. The van der Waals surface area contributed by atoms with Crippen molar-refractivity contribution in [3.63, 3.8) is 0 Å². The molecule has 0 saturated heterocycles. The van der Waals surface area contributed by atoms with Gasteiger partial charge in [-0.05, 0) is 6.04 Å². The molecule has 0 atom stereocenters. The van der Waals surface area contributed by atoms with Crippen molar-refractivity contribution >= 4 is 14.1 Å². The van der Waals surface area contributed by atoms with Crippen molar-refractivity contribution in [1.82, 2.24) is 4.57 Å². The Morgan fingerprint density at radius 1 is 0.909 bits per heavy atom. The number of halogens is 3. The average Bonchev–Trinajstić information content (AvgIpc) is 2.42. The Morgan fingerprint density at radius 2 is 1.32 bits per heavy atom. The first-order chi connectivity index (χ1) is 10.1. The number of rotatable bonds is 11. The van der Waals surface area contributed by atoms with Gasteiger partial charge >= 0.3 is 12.1 Å². The fraction of sp³-hybridized carbons (Fsp3) is 0.938. The Kier molecular flexibility index (Phi) is 10.0. The Hall–Kier alpha value is -0.523. The molecule has 0 aliphatic heterocycles. The lowest BCUT2D eigenvalue weighted by molar-refractivity contribution is -0.179. The summed E-state index contributed by atoms with van der Waals surface area (Å²) in [6.45, 7) is 5.87. The maximum atomic E-state index is 12.5. The molecular weight excluding hydrogens is 307 g/mol. The van der Waals surface area contributed by atoms with Gasteiger partial charge in [-0.2, -0.15) is 13.2 Å². The van der Waals surface area contributed by atoms with Crippen molar-refractivity contribution < 1.29 is 18.0 Å². The van der Waals surface area contributed by atoms with E-state index in [1.54, 1.807) is 0 Å². The van der Waals surface area contributed by atoms with E-state index in [2.05, 4.69) is 6.92 Å². The van der Waals surface area contributed by atoms with Crippen LogP contribution >= 0.6 is 0 Å². The molecule has 0 aliphatic rings. The van der Waals surface area contributed by atoms with Crippen molar-refractivity contribution in [2.75, 3.05) is 7.05 Å². The van der Waals surface area contributed by atoms with Crippen LogP contribution in [-0.2, 0) is 4.79 Å². The van der Waals surface area contributed by atoms with Crippen LogP contribution in [0.15, 0.2) is 0 Å². The minimum atomic E-state index is -4.75. The van der Waals surface area contributed by atoms with E-state index in [1.165, 1.54) is 45.6 Å². The third kappa shape index (κ3) is 8.81. The zero-order valence-electron chi connectivity index (χ0n) is 14.6. The summed E-state index contributed by atoms with van der Waals surface area (Å²) < 4.78 is 38.4. The summed E-state index contributed by atoms with van der Waals surface area (Å²) in [6.07, 6.45) is 5.99. The molecular formula is C16H32F3NOSi. The molecule has 0 radical (unpaired) electrons. The molecule has 2 nitrogen and oxygen atoms in total. The molecule has 0 saturated carbocycles. The number of carbonyl (C=O) groups is 1. The highest BCUT2D eigenvalue weighted by atomic mass is 28.3. The summed E-state index contributed by atoms with van der Waals surface area (Å²) in [5, 5.41) is 0. The van der Waals surface area contributed by atoms with Gasteiger partial charge in [-0.15, -0.1) is 0 Å². The molecule has 0 rings (SSSR count). The van der Waals surface area contributed by atoms with E-state index in [0.29, 0.717) is 0 Å². The van der Waals surface area contributed by atoms with Crippen LogP contribution in [0.4, 0.5) is 13.2 Å². The molecule has 0 aliphatic carbocycles. The molecule has 0 bridgehead atoms. The Bertz CT molecular complexity index is 319. The van der Waals surface area contributed by atoms with Gasteiger partial charge in [0.1, 0.15) is 0 Å². The largest absolute Gasteiger partial charge is 0.470 e. The molecule has 1 amide bonds. The van der Waals surface area contributed by atoms with Crippen molar-refractivity contribution in [2.24, 2.45) is 0 Å². The SMILES string of the molecule is CCCCCCCCCCC[Si](C)(C)N(C)C(=O)C(F)(F)F. The van der Waals surface area contributed by atoms with Crippen LogP contribution in [0.25, 0.3) is 0 Å². The maximum Gasteiger partial charge on any atom is 0.470 e. The van der Waals surface area contributed by atoms with E-state index < -0.39 is 20.3 Å². The third-order valence-electron chi connectivity index (χ3n) is 4.35. The standard InChI is InChI=1S/C16H32F3NOSi/c1-5-6-7-8-9-10-11-12-13-14-22(3,4)20(2)15(21)16(17,18)19/h5-14H2,1-4H3. The van der Waals surface area contributed by atoms with Crippen LogP contribution < -0.4 is 0 Å². The molecule has 0 fully saturated rings. The summed E-state index contributed by atoms with van der Waals surface area (Å²) in [5.41, 5.74) is 0. The highest BCUT2D eigenvalue weighted by Gasteiger charge is 2.45. The normalized spacial score (nSPS) is 12.5. The first-order valence-electron chi connectivity index (χ1n) is 8.48. The number of amides is 1. The molecule has 132 valence electrons. The van der Waals surface area contributed by atoms with E-state index in [4.69, 9.17) is 0 Å². The van der Waals surface area contributed by atoms with Crippen molar-refractivity contribution in [3.8, 4) is 0 Å². The first-order valence-corrected chi connectivity index (χ1v) is 11.6. The molecule has 22 heavy (non-hydrogen) atoms. The van der Waals surface area contributed by atoms with Gasteiger partial charge in [0.05, 0.1) is 0 Å². The van der Waals surface area contributed by atoms with E-state index in [1.807, 2.05) is 13.1 Å². The van der Waals surface area contributed by atoms with Crippen LogP contribution in [0.5, 0.6) is 0 Å². The molecule has 0 spiro atoms. The lowest BCUT2D eigenvalue weighted by atomic mass is 10.1. The summed E-state index contributed by atoms with van der Waals surface area (Å²) in [4.78, 5) is 11.3. The van der Waals surface area contributed by atoms with Gasteiger partial charge in [-0.1, -0.05) is 77.8 Å². The molecule has 0 unspecified atom stereocenters. The van der Waals surface area contributed by atoms with Crippen molar-refractivity contribution in [3.05, 3.63) is 0 Å². The number of hydrogen-bond acceptors (Lipinski definition) is 1. The van der Waals surface area contributed by atoms with Crippen LogP contribution in [0.3, 0.4) is 0 Å². The van der Waals surface area contributed by atoms with Gasteiger partial charge in [0.2, 0.25) is 0 Å². The highest BCUT2D eigenvalue weighted by molar-refractivity contribution is 6.76. The zero-order valence-corrected chi connectivity index (χ0v) is 15.6. The van der Waals surface area contributed by atoms with Gasteiger partial charge in [0.15, 0.2) is 8.24 Å². The lowest BCUT2D eigenvalue weighted by Crippen LogP contribution is -2.53. The van der Waals surface area contributed by atoms with Crippen LogP contribution in [-0.4, -0.2) is 31.9 Å². The van der Waals surface area contributed by atoms with E-state index in [-0.39, 0.29) is 0 Å². The van der Waals surface area contributed by atoms with Crippen LogP contribution in [0.2, 0.25) is 19.1 Å². The van der Waals surface area contributed by atoms with Gasteiger partial charge in [-0.3, -0.25) is 4.79 Å². The topological polar surface area (TPSA) is 20.3 Å². The number of unbranched alkanes of at least 4 members (excludes halogenated alkanes) is 8. The quantitative estimate of drug-likeness (QED) is 0.347. The molecule has 6 heteroatoms. The summed E-state index contributed by atoms with van der Waals surface area (Å²) in [5.74, 6) is -1.69. The van der Waals surface area contributed by atoms with E-state index >= 15 is 0 Å². The first kappa shape index (κ1) is 21.5. The summed E-state index contributed by atoms with van der Waals surface area (Å²) in [6, 6.07) is 0.737. The van der Waals surface area contributed by atoms with E-state index in [0.717, 1.165) is 29.9 Å². The number of hydrogen-bond donors (Lipinski definition) is 0. The van der Waals surface area contributed by atoms with Crippen LogP contribution in [0, 0.1) is 0 Å². The monoisotopic (exact) mass is 339 g/mol. The number of carbonyl (C=O) groups excluding carboxylic acids is 1. The van der Waals surface area contributed by atoms with Gasteiger partial charge < -0.3 is 4.57 Å². The van der Waals surface area contributed by atoms with Crippen molar-refractivity contribution in [1.29, 1.82) is 0 Å². The minimum Gasteiger partial charge on any atom is -0.365 e. The Balaban J connectivity index is 3.87. The predicted octanol–water partition coefficient (Wildman–Crippen LogP) is 5.74. The number of alkyl halides is 3. The molecule has 0 aromatic rings. The number of nitrogens with zero attached hydrogens (tertiary/aromatic N) is 1. The molecule has 0 aromatic heterocycles. The fourth-order valence-corrected chi connectivity index (χ4v) is 4.63. The minimum absolute atomic E-state index is 0.737. The second-order valence-corrected chi connectivity index (χ2v) is 11.5. The second kappa shape index (κ2) is 10.3. The molecule has 0 heterocycles. The smallest absolute Gasteiger partial charge is 0.365 e. The summed E-state index contributed by atoms with van der Waals surface area (Å²) in [7, 11) is -1.00. The highest BCUT2D eigenvalue weighted by Crippen LogP contribution is 2.25.